The summed E-state index contributed by atoms with van der Waals surface area (Å²) in [6.07, 6.45) is 0.718. The second kappa shape index (κ2) is 6.57. The van der Waals surface area contributed by atoms with Gasteiger partial charge in [-0.25, -0.2) is 4.39 Å². The summed E-state index contributed by atoms with van der Waals surface area (Å²) in [5.41, 5.74) is 2.62. The van der Waals surface area contributed by atoms with Crippen molar-refractivity contribution in [2.75, 3.05) is 7.05 Å². The molecule has 0 amide bonds. The van der Waals surface area contributed by atoms with Crippen molar-refractivity contribution in [2.24, 2.45) is 0 Å². The van der Waals surface area contributed by atoms with Gasteiger partial charge in [0.1, 0.15) is 5.82 Å². The Balaban J connectivity index is 2.23. The monoisotopic (exact) mass is 311 g/mol. The highest BCUT2D eigenvalue weighted by atomic mass is 35.5. The van der Waals surface area contributed by atoms with Gasteiger partial charge in [-0.15, -0.1) is 0 Å². The maximum Gasteiger partial charge on any atom is 0.126 e. The molecule has 0 aliphatic rings. The van der Waals surface area contributed by atoms with Crippen LogP contribution < -0.4 is 5.32 Å². The van der Waals surface area contributed by atoms with Crippen molar-refractivity contribution in [2.45, 2.75) is 19.4 Å². The zero-order valence-electron chi connectivity index (χ0n) is 11.4. The highest BCUT2D eigenvalue weighted by Crippen LogP contribution is 2.26. The predicted molar refractivity (Wildman–Crippen MR) is 83.1 cm³/mol. The third kappa shape index (κ3) is 3.51. The van der Waals surface area contributed by atoms with Crippen molar-refractivity contribution in [1.82, 2.24) is 5.32 Å². The lowest BCUT2D eigenvalue weighted by Crippen LogP contribution is -2.19. The van der Waals surface area contributed by atoms with E-state index < -0.39 is 0 Å². The number of likely N-dealkylation sites (N-methyl/N-ethyl adjacent to an activating group) is 1. The lowest BCUT2D eigenvalue weighted by molar-refractivity contribution is 0.574. The summed E-state index contributed by atoms with van der Waals surface area (Å²) >= 11 is 11.9. The first-order valence-electron chi connectivity index (χ1n) is 6.38. The molecule has 1 nitrogen and oxygen atoms in total. The van der Waals surface area contributed by atoms with Gasteiger partial charge in [-0.05, 0) is 55.3 Å². The summed E-state index contributed by atoms with van der Waals surface area (Å²) in [6, 6.07) is 10.9. The van der Waals surface area contributed by atoms with Crippen LogP contribution in [0.25, 0.3) is 0 Å². The summed E-state index contributed by atoms with van der Waals surface area (Å²) < 4.78 is 13.7. The molecule has 1 atom stereocenters. The van der Waals surface area contributed by atoms with Crippen LogP contribution in [0.3, 0.4) is 0 Å². The molecule has 0 fully saturated rings. The van der Waals surface area contributed by atoms with Crippen LogP contribution in [0, 0.1) is 12.7 Å². The molecule has 0 bridgehead atoms. The molecule has 20 heavy (non-hydrogen) atoms. The van der Waals surface area contributed by atoms with Crippen LogP contribution in [0.1, 0.15) is 22.7 Å². The highest BCUT2D eigenvalue weighted by Gasteiger charge is 2.12. The summed E-state index contributed by atoms with van der Waals surface area (Å²) in [5, 5.41) is 4.28. The maximum atomic E-state index is 13.7. The van der Waals surface area contributed by atoms with Crippen LogP contribution in [0.2, 0.25) is 10.0 Å². The zero-order chi connectivity index (χ0) is 14.7. The average Bonchev–Trinajstić information content (AvgIpc) is 2.43. The third-order valence-electron chi connectivity index (χ3n) is 3.37. The third-order valence-corrected chi connectivity index (χ3v) is 4.11. The van der Waals surface area contributed by atoms with Gasteiger partial charge in [-0.1, -0.05) is 41.4 Å². The maximum absolute atomic E-state index is 13.7. The van der Waals surface area contributed by atoms with E-state index in [0.29, 0.717) is 15.6 Å². The Morgan fingerprint density at radius 3 is 2.45 bits per heavy atom. The van der Waals surface area contributed by atoms with E-state index in [9.17, 15) is 4.39 Å². The SMILES string of the molecule is CNC(Cc1ccc(Cl)c(Cl)c1)c1ccc(C)c(F)c1. The number of nitrogens with one attached hydrogen (secondary N) is 1. The second-order valence-corrected chi connectivity index (χ2v) is 5.62. The van der Waals surface area contributed by atoms with E-state index in [1.165, 1.54) is 0 Å². The number of hydrogen-bond donors (Lipinski definition) is 1. The molecule has 0 aromatic heterocycles. The first-order chi connectivity index (χ1) is 9.51. The van der Waals surface area contributed by atoms with Crippen LogP contribution in [0.4, 0.5) is 4.39 Å². The van der Waals surface area contributed by atoms with Crippen molar-refractivity contribution in [1.29, 1.82) is 0 Å². The normalized spacial score (nSPS) is 12.4. The smallest absolute Gasteiger partial charge is 0.126 e. The molecule has 2 rings (SSSR count). The second-order valence-electron chi connectivity index (χ2n) is 4.80. The van der Waals surface area contributed by atoms with Gasteiger partial charge < -0.3 is 5.32 Å². The lowest BCUT2D eigenvalue weighted by atomic mass is 9.98. The van der Waals surface area contributed by atoms with Crippen LogP contribution in [0.15, 0.2) is 36.4 Å². The van der Waals surface area contributed by atoms with Gasteiger partial charge in [0.15, 0.2) is 0 Å². The number of rotatable bonds is 4. The molecule has 2 aromatic carbocycles. The van der Waals surface area contributed by atoms with Gasteiger partial charge in [0.05, 0.1) is 10.0 Å². The molecule has 0 aliphatic carbocycles. The van der Waals surface area contributed by atoms with Crippen LogP contribution in [-0.4, -0.2) is 7.05 Å². The van der Waals surface area contributed by atoms with Crippen molar-refractivity contribution in [3.63, 3.8) is 0 Å². The van der Waals surface area contributed by atoms with E-state index in [0.717, 1.165) is 17.5 Å². The van der Waals surface area contributed by atoms with Gasteiger partial charge in [0.25, 0.3) is 0 Å². The van der Waals surface area contributed by atoms with Crippen LogP contribution in [0.5, 0.6) is 0 Å². The van der Waals surface area contributed by atoms with Gasteiger partial charge in [-0.3, -0.25) is 0 Å². The molecular formula is C16H16Cl2FN. The summed E-state index contributed by atoms with van der Waals surface area (Å²) in [5.74, 6) is -0.183. The molecule has 0 radical (unpaired) electrons. The largest absolute Gasteiger partial charge is 0.313 e. The molecule has 0 saturated heterocycles. The Morgan fingerprint density at radius 1 is 1.10 bits per heavy atom. The Bertz CT molecular complexity index is 613. The molecule has 1 N–H and O–H groups in total. The number of halogens is 3. The zero-order valence-corrected chi connectivity index (χ0v) is 12.9. The summed E-state index contributed by atoms with van der Waals surface area (Å²) in [4.78, 5) is 0. The molecule has 0 spiro atoms. The van der Waals surface area contributed by atoms with Gasteiger partial charge in [-0.2, -0.15) is 0 Å². The quantitative estimate of drug-likeness (QED) is 0.843. The van der Waals surface area contributed by atoms with Gasteiger partial charge in [0.2, 0.25) is 0 Å². The first kappa shape index (κ1) is 15.3. The average molecular weight is 312 g/mol. The minimum atomic E-state index is -0.183. The topological polar surface area (TPSA) is 12.0 Å². The van der Waals surface area contributed by atoms with Crippen molar-refractivity contribution in [3.05, 3.63) is 69.0 Å². The molecule has 106 valence electrons. The fraction of sp³-hybridized carbons (Fsp3) is 0.250. The highest BCUT2D eigenvalue weighted by molar-refractivity contribution is 6.42. The summed E-state index contributed by atoms with van der Waals surface area (Å²) in [7, 11) is 1.86. The fourth-order valence-electron chi connectivity index (χ4n) is 2.11. The van der Waals surface area contributed by atoms with E-state index in [1.54, 1.807) is 25.1 Å². The minimum absolute atomic E-state index is 0.0299. The Hall–Kier alpha value is -1.09. The standard InChI is InChI=1S/C16H16Cl2FN/c1-10-3-5-12(9-15(10)19)16(20-2)8-11-4-6-13(17)14(18)7-11/h3-7,9,16,20H,8H2,1-2H3. The number of hydrogen-bond acceptors (Lipinski definition) is 1. The van der Waals surface area contributed by atoms with E-state index in [1.807, 2.05) is 25.2 Å². The van der Waals surface area contributed by atoms with E-state index in [2.05, 4.69) is 5.32 Å². The molecule has 2 aromatic rings. The van der Waals surface area contributed by atoms with Gasteiger partial charge in [0, 0.05) is 6.04 Å². The Morgan fingerprint density at radius 2 is 1.85 bits per heavy atom. The molecule has 1 unspecified atom stereocenters. The van der Waals surface area contributed by atoms with Crippen molar-refractivity contribution < 1.29 is 4.39 Å². The van der Waals surface area contributed by atoms with Crippen molar-refractivity contribution >= 4 is 23.2 Å². The minimum Gasteiger partial charge on any atom is -0.313 e. The molecule has 0 aliphatic heterocycles. The Labute approximate surface area is 128 Å². The predicted octanol–water partition coefficient (Wildman–Crippen LogP) is 4.94. The first-order valence-corrected chi connectivity index (χ1v) is 7.14. The number of benzene rings is 2. The fourth-order valence-corrected chi connectivity index (χ4v) is 2.44. The van der Waals surface area contributed by atoms with Crippen LogP contribution in [-0.2, 0) is 6.42 Å². The lowest BCUT2D eigenvalue weighted by Gasteiger charge is -2.17. The van der Waals surface area contributed by atoms with E-state index in [4.69, 9.17) is 23.2 Å². The number of aryl methyl sites for hydroxylation is 1. The van der Waals surface area contributed by atoms with Crippen LogP contribution >= 0.6 is 23.2 Å². The van der Waals surface area contributed by atoms with E-state index in [-0.39, 0.29) is 11.9 Å². The molecular weight excluding hydrogens is 296 g/mol. The van der Waals surface area contributed by atoms with Crippen molar-refractivity contribution in [3.8, 4) is 0 Å². The Kier molecular flexibility index (Phi) is 5.03. The summed E-state index contributed by atoms with van der Waals surface area (Å²) in [6.45, 7) is 1.76. The van der Waals surface area contributed by atoms with Gasteiger partial charge >= 0.3 is 0 Å². The van der Waals surface area contributed by atoms with E-state index >= 15 is 0 Å². The molecule has 4 heteroatoms. The molecule has 0 heterocycles. The molecule has 0 saturated carbocycles.